The molecule has 70 valence electrons. The second kappa shape index (κ2) is 3.83. The summed E-state index contributed by atoms with van der Waals surface area (Å²) in [7, 11) is 0. The Kier molecular flexibility index (Phi) is 3.23. The van der Waals surface area contributed by atoms with Gasteiger partial charge < -0.3 is 5.11 Å². The first-order chi connectivity index (χ1) is 5.52. The van der Waals surface area contributed by atoms with Gasteiger partial charge in [-0.15, -0.1) is 0 Å². The normalized spacial score (nSPS) is 27.2. The van der Waals surface area contributed by atoms with Crippen LogP contribution in [0.15, 0.2) is 12.2 Å². The van der Waals surface area contributed by atoms with Crippen molar-refractivity contribution in [3.05, 3.63) is 12.2 Å². The van der Waals surface area contributed by atoms with E-state index in [0.29, 0.717) is 12.8 Å². The summed E-state index contributed by atoms with van der Waals surface area (Å²) in [6, 6.07) is 0. The van der Waals surface area contributed by atoms with Gasteiger partial charge in [0.1, 0.15) is 6.10 Å². The van der Waals surface area contributed by atoms with Crippen LogP contribution in [0.1, 0.15) is 19.3 Å². The van der Waals surface area contributed by atoms with Crippen molar-refractivity contribution in [3.63, 3.8) is 0 Å². The zero-order valence-electron chi connectivity index (χ0n) is 6.51. The molecule has 0 aromatic carbocycles. The predicted molar refractivity (Wildman–Crippen MR) is 46.4 cm³/mol. The summed E-state index contributed by atoms with van der Waals surface area (Å²) in [5, 5.41) is 9.18. The number of hydrogen-bond donors (Lipinski definition) is 1. The molecular formula is C8H11BrF2O. The number of alkyl halides is 3. The minimum absolute atomic E-state index is 0.315. The first-order valence-electron chi connectivity index (χ1n) is 3.91. The van der Waals surface area contributed by atoms with E-state index in [1.54, 1.807) is 0 Å². The summed E-state index contributed by atoms with van der Waals surface area (Å²) in [5.41, 5.74) is 0. The van der Waals surface area contributed by atoms with Crippen molar-refractivity contribution >= 4 is 15.9 Å². The SMILES string of the molecule is OC(C1CC=CCC1)C(F)(F)Br. The topological polar surface area (TPSA) is 20.2 Å². The molecule has 0 aliphatic heterocycles. The van der Waals surface area contributed by atoms with Gasteiger partial charge in [-0.3, -0.25) is 0 Å². The van der Waals surface area contributed by atoms with Crippen molar-refractivity contribution < 1.29 is 13.9 Å². The second-order valence-electron chi connectivity index (χ2n) is 3.03. The van der Waals surface area contributed by atoms with E-state index in [-0.39, 0.29) is 5.92 Å². The minimum Gasteiger partial charge on any atom is -0.386 e. The molecule has 0 bridgehead atoms. The fourth-order valence-electron chi connectivity index (χ4n) is 1.37. The lowest BCUT2D eigenvalue weighted by Gasteiger charge is -2.26. The highest BCUT2D eigenvalue weighted by atomic mass is 79.9. The van der Waals surface area contributed by atoms with Crippen molar-refractivity contribution in [2.75, 3.05) is 0 Å². The molecule has 12 heavy (non-hydrogen) atoms. The van der Waals surface area contributed by atoms with Crippen LogP contribution in [-0.2, 0) is 0 Å². The van der Waals surface area contributed by atoms with E-state index in [2.05, 4.69) is 15.9 Å². The molecule has 0 aromatic heterocycles. The van der Waals surface area contributed by atoms with Crippen LogP contribution in [0.3, 0.4) is 0 Å². The Morgan fingerprint density at radius 3 is 2.58 bits per heavy atom. The lowest BCUT2D eigenvalue weighted by Crippen LogP contribution is -2.35. The number of aliphatic hydroxyl groups excluding tert-OH is 1. The summed E-state index contributed by atoms with van der Waals surface area (Å²) in [6.07, 6.45) is 4.19. The largest absolute Gasteiger partial charge is 0.386 e. The van der Waals surface area contributed by atoms with Crippen molar-refractivity contribution in [2.24, 2.45) is 5.92 Å². The Bertz CT molecular complexity index is 176. The van der Waals surface area contributed by atoms with Crippen LogP contribution in [0.2, 0.25) is 0 Å². The van der Waals surface area contributed by atoms with E-state index in [4.69, 9.17) is 0 Å². The van der Waals surface area contributed by atoms with Crippen LogP contribution in [0.25, 0.3) is 0 Å². The fourth-order valence-corrected chi connectivity index (χ4v) is 1.74. The van der Waals surface area contributed by atoms with Gasteiger partial charge in [0.05, 0.1) is 0 Å². The number of rotatable bonds is 2. The van der Waals surface area contributed by atoms with E-state index >= 15 is 0 Å². The Morgan fingerprint density at radius 2 is 2.17 bits per heavy atom. The van der Waals surface area contributed by atoms with E-state index in [1.165, 1.54) is 0 Å². The van der Waals surface area contributed by atoms with E-state index in [9.17, 15) is 13.9 Å². The van der Waals surface area contributed by atoms with Gasteiger partial charge in [0.15, 0.2) is 0 Å². The lowest BCUT2D eigenvalue weighted by molar-refractivity contribution is -0.0610. The Balaban J connectivity index is 2.52. The maximum atomic E-state index is 12.5. The number of aliphatic hydroxyl groups is 1. The molecule has 1 aliphatic rings. The Hall–Kier alpha value is 0.0400. The standard InChI is InChI=1S/C8H11BrF2O/c9-8(10,11)7(12)6-4-2-1-3-5-6/h1-2,6-7,12H,3-5H2. The van der Waals surface area contributed by atoms with Crippen LogP contribution in [0.4, 0.5) is 8.78 Å². The molecule has 1 N–H and O–H groups in total. The first-order valence-corrected chi connectivity index (χ1v) is 4.71. The molecule has 0 spiro atoms. The van der Waals surface area contributed by atoms with E-state index in [1.807, 2.05) is 12.2 Å². The smallest absolute Gasteiger partial charge is 0.326 e. The lowest BCUT2D eigenvalue weighted by atomic mass is 9.89. The van der Waals surface area contributed by atoms with Gasteiger partial charge in [0.2, 0.25) is 0 Å². The molecule has 2 atom stereocenters. The second-order valence-corrected chi connectivity index (χ2v) is 4.09. The van der Waals surface area contributed by atoms with Crippen LogP contribution in [0.5, 0.6) is 0 Å². The average Bonchev–Trinajstić information content (AvgIpc) is 2.03. The van der Waals surface area contributed by atoms with Crippen LogP contribution in [-0.4, -0.2) is 16.0 Å². The maximum absolute atomic E-state index is 12.5. The highest BCUT2D eigenvalue weighted by Crippen LogP contribution is 2.35. The summed E-state index contributed by atoms with van der Waals surface area (Å²) in [5.74, 6) is -0.315. The molecule has 1 nitrogen and oxygen atoms in total. The summed E-state index contributed by atoms with van der Waals surface area (Å²) < 4.78 is 25.1. The van der Waals surface area contributed by atoms with Gasteiger partial charge in [-0.2, -0.15) is 8.78 Å². The van der Waals surface area contributed by atoms with Gasteiger partial charge in [-0.25, -0.2) is 0 Å². The van der Waals surface area contributed by atoms with E-state index < -0.39 is 10.9 Å². The highest BCUT2D eigenvalue weighted by molar-refractivity contribution is 9.10. The molecule has 0 fully saturated rings. The van der Waals surface area contributed by atoms with Crippen molar-refractivity contribution in [3.8, 4) is 0 Å². The van der Waals surface area contributed by atoms with Gasteiger partial charge >= 0.3 is 4.83 Å². The highest BCUT2D eigenvalue weighted by Gasteiger charge is 2.40. The van der Waals surface area contributed by atoms with Gasteiger partial charge in [0, 0.05) is 0 Å². The molecule has 0 saturated carbocycles. The number of allylic oxidation sites excluding steroid dienone is 2. The van der Waals surface area contributed by atoms with Crippen molar-refractivity contribution in [2.45, 2.75) is 30.2 Å². The minimum atomic E-state index is -3.15. The monoisotopic (exact) mass is 240 g/mol. The van der Waals surface area contributed by atoms with E-state index in [0.717, 1.165) is 6.42 Å². The zero-order chi connectivity index (χ0) is 9.19. The molecule has 0 radical (unpaired) electrons. The zero-order valence-corrected chi connectivity index (χ0v) is 8.10. The van der Waals surface area contributed by atoms with Crippen LogP contribution in [0, 0.1) is 5.92 Å². The number of hydrogen-bond acceptors (Lipinski definition) is 1. The van der Waals surface area contributed by atoms with Gasteiger partial charge in [-0.1, -0.05) is 12.2 Å². The first kappa shape index (κ1) is 10.1. The van der Waals surface area contributed by atoms with Crippen molar-refractivity contribution in [1.82, 2.24) is 0 Å². The third-order valence-corrected chi connectivity index (χ3v) is 2.56. The fraction of sp³-hybridized carbons (Fsp3) is 0.750. The molecule has 4 heteroatoms. The molecule has 1 aliphatic carbocycles. The molecule has 0 aromatic rings. The maximum Gasteiger partial charge on any atom is 0.326 e. The molecule has 0 amide bonds. The quantitative estimate of drug-likeness (QED) is 0.582. The summed E-state index contributed by atoms with van der Waals surface area (Å²) in [6.45, 7) is 0. The summed E-state index contributed by atoms with van der Waals surface area (Å²) >= 11 is 2.17. The third-order valence-electron chi connectivity index (χ3n) is 2.09. The molecular weight excluding hydrogens is 230 g/mol. The van der Waals surface area contributed by atoms with Crippen LogP contribution >= 0.6 is 15.9 Å². The predicted octanol–water partition coefficient (Wildman–Crippen LogP) is 2.69. The molecule has 0 saturated heterocycles. The molecule has 2 unspecified atom stereocenters. The molecule has 0 heterocycles. The van der Waals surface area contributed by atoms with Gasteiger partial charge in [0.25, 0.3) is 0 Å². The third kappa shape index (κ3) is 2.52. The van der Waals surface area contributed by atoms with Gasteiger partial charge in [-0.05, 0) is 41.1 Å². The Labute approximate surface area is 78.6 Å². The average molecular weight is 241 g/mol. The molecule has 1 rings (SSSR count). The van der Waals surface area contributed by atoms with Crippen LogP contribution < -0.4 is 0 Å². The Morgan fingerprint density at radius 1 is 1.50 bits per heavy atom. The summed E-state index contributed by atoms with van der Waals surface area (Å²) in [4.78, 5) is -3.15. The number of halogens is 3. The van der Waals surface area contributed by atoms with Crippen molar-refractivity contribution in [1.29, 1.82) is 0 Å².